The Morgan fingerprint density at radius 3 is 2.78 bits per heavy atom. The van der Waals surface area contributed by atoms with Crippen LogP contribution in [0, 0.1) is 5.92 Å². The largest absolute Gasteiger partial charge is 0.461 e. The second kappa shape index (κ2) is 6.13. The Labute approximate surface area is 139 Å². The zero-order valence-electron chi connectivity index (χ0n) is 12.3. The summed E-state index contributed by atoms with van der Waals surface area (Å²) in [6, 6.07) is 6.86. The lowest BCUT2D eigenvalue weighted by Crippen LogP contribution is -2.28. The van der Waals surface area contributed by atoms with Crippen LogP contribution in [0.2, 0.25) is 5.02 Å². The summed E-state index contributed by atoms with van der Waals surface area (Å²) in [6.45, 7) is 0.220. The quantitative estimate of drug-likeness (QED) is 0.764. The van der Waals surface area contributed by atoms with Crippen LogP contribution in [0.1, 0.15) is 12.8 Å². The van der Waals surface area contributed by atoms with Crippen molar-refractivity contribution in [3.63, 3.8) is 0 Å². The minimum atomic E-state index is -3.10. The molecule has 2 aliphatic rings. The van der Waals surface area contributed by atoms with Crippen LogP contribution in [0.15, 0.2) is 24.3 Å². The van der Waals surface area contributed by atoms with Crippen molar-refractivity contribution in [3.8, 4) is 0 Å². The Morgan fingerprint density at radius 2 is 2.13 bits per heavy atom. The van der Waals surface area contributed by atoms with Gasteiger partial charge in [-0.1, -0.05) is 17.7 Å². The van der Waals surface area contributed by atoms with E-state index in [1.54, 1.807) is 24.3 Å². The average molecular weight is 358 g/mol. The number of carbonyl (C=O) groups excluding carboxylic acids is 2. The SMILES string of the molecule is O=C(O[C@@H]1CCS(=O)(=O)C1)[C@H]1CC(=O)N(c2cccc(Cl)c2)C1. The van der Waals surface area contributed by atoms with Crippen LogP contribution in [0.25, 0.3) is 0 Å². The van der Waals surface area contributed by atoms with E-state index in [0.29, 0.717) is 17.1 Å². The summed E-state index contributed by atoms with van der Waals surface area (Å²) in [4.78, 5) is 25.8. The van der Waals surface area contributed by atoms with Gasteiger partial charge >= 0.3 is 5.97 Å². The van der Waals surface area contributed by atoms with Crippen molar-refractivity contribution in [2.24, 2.45) is 5.92 Å². The number of anilines is 1. The maximum absolute atomic E-state index is 12.2. The van der Waals surface area contributed by atoms with E-state index < -0.39 is 27.8 Å². The summed E-state index contributed by atoms with van der Waals surface area (Å²) >= 11 is 5.92. The van der Waals surface area contributed by atoms with Crippen LogP contribution in [-0.2, 0) is 24.2 Å². The van der Waals surface area contributed by atoms with Gasteiger partial charge in [-0.15, -0.1) is 0 Å². The number of hydrogen-bond donors (Lipinski definition) is 0. The third-order valence-electron chi connectivity index (χ3n) is 4.05. The minimum absolute atomic E-state index is 0.0448. The molecule has 2 heterocycles. The van der Waals surface area contributed by atoms with Gasteiger partial charge in [-0.2, -0.15) is 0 Å². The van der Waals surface area contributed by atoms with Gasteiger partial charge in [0.05, 0.1) is 17.4 Å². The Morgan fingerprint density at radius 1 is 1.35 bits per heavy atom. The molecule has 1 aromatic rings. The first-order valence-corrected chi connectivity index (χ1v) is 9.51. The van der Waals surface area contributed by atoms with E-state index in [-0.39, 0.29) is 30.4 Å². The predicted octanol–water partition coefficient (Wildman–Crippen LogP) is 1.42. The predicted molar refractivity (Wildman–Crippen MR) is 85.1 cm³/mol. The number of esters is 1. The molecule has 0 spiro atoms. The van der Waals surface area contributed by atoms with Gasteiger partial charge < -0.3 is 9.64 Å². The maximum atomic E-state index is 12.2. The molecule has 0 aromatic heterocycles. The number of rotatable bonds is 3. The fraction of sp³-hybridized carbons (Fsp3) is 0.467. The number of halogens is 1. The highest BCUT2D eigenvalue weighted by atomic mass is 35.5. The molecule has 0 bridgehead atoms. The summed E-state index contributed by atoms with van der Waals surface area (Å²) in [7, 11) is -3.10. The van der Waals surface area contributed by atoms with E-state index in [1.807, 2.05) is 0 Å². The standard InChI is InChI=1S/C15H16ClNO5S/c16-11-2-1-3-12(7-11)17-8-10(6-14(17)18)15(19)22-13-4-5-23(20,21)9-13/h1-3,7,10,13H,4-6,8-9H2/t10-,13+/m0/s1. The molecule has 2 atom stereocenters. The number of carbonyl (C=O) groups is 2. The molecule has 0 saturated carbocycles. The lowest BCUT2D eigenvalue weighted by atomic mass is 10.1. The molecule has 8 heteroatoms. The van der Waals surface area contributed by atoms with E-state index in [2.05, 4.69) is 0 Å². The van der Waals surface area contributed by atoms with Crippen molar-refractivity contribution in [1.29, 1.82) is 0 Å². The first-order valence-electron chi connectivity index (χ1n) is 7.31. The minimum Gasteiger partial charge on any atom is -0.461 e. The lowest BCUT2D eigenvalue weighted by Gasteiger charge is -2.17. The highest BCUT2D eigenvalue weighted by Gasteiger charge is 2.39. The van der Waals surface area contributed by atoms with Crippen LogP contribution < -0.4 is 4.90 Å². The summed E-state index contributed by atoms with van der Waals surface area (Å²) in [5.41, 5.74) is 0.640. The molecule has 0 unspecified atom stereocenters. The third-order valence-corrected chi connectivity index (χ3v) is 6.02. The lowest BCUT2D eigenvalue weighted by molar-refractivity contribution is -0.152. The number of hydrogen-bond acceptors (Lipinski definition) is 5. The molecule has 0 N–H and O–H groups in total. The number of nitrogens with zero attached hydrogens (tertiary/aromatic N) is 1. The van der Waals surface area contributed by atoms with Crippen molar-refractivity contribution >= 4 is 39.0 Å². The average Bonchev–Trinajstić information content (AvgIpc) is 3.01. The summed E-state index contributed by atoms with van der Waals surface area (Å²) < 4.78 is 28.1. The van der Waals surface area contributed by atoms with Gasteiger partial charge in [0, 0.05) is 23.7 Å². The molecule has 2 saturated heterocycles. The molecule has 1 aromatic carbocycles. The highest BCUT2D eigenvalue weighted by molar-refractivity contribution is 7.91. The summed E-state index contributed by atoms with van der Waals surface area (Å²) in [5, 5.41) is 0.512. The Hall–Kier alpha value is -1.60. The molecule has 6 nitrogen and oxygen atoms in total. The van der Waals surface area contributed by atoms with Crippen LogP contribution in [0.4, 0.5) is 5.69 Å². The van der Waals surface area contributed by atoms with E-state index >= 15 is 0 Å². The molecular weight excluding hydrogens is 342 g/mol. The number of sulfone groups is 1. The van der Waals surface area contributed by atoms with Gasteiger partial charge in [0.1, 0.15) is 6.10 Å². The zero-order valence-corrected chi connectivity index (χ0v) is 13.8. The Bertz CT molecular complexity index is 748. The smallest absolute Gasteiger partial charge is 0.311 e. The first-order chi connectivity index (χ1) is 10.8. The fourth-order valence-corrected chi connectivity index (χ4v) is 4.65. The van der Waals surface area contributed by atoms with Crippen molar-refractivity contribution in [2.45, 2.75) is 18.9 Å². The molecule has 124 valence electrons. The van der Waals surface area contributed by atoms with E-state index in [0.717, 1.165) is 0 Å². The van der Waals surface area contributed by atoms with Gasteiger partial charge in [-0.3, -0.25) is 9.59 Å². The van der Waals surface area contributed by atoms with Crippen LogP contribution in [0.3, 0.4) is 0 Å². The number of ether oxygens (including phenoxy) is 1. The number of benzene rings is 1. The zero-order chi connectivity index (χ0) is 16.6. The second-order valence-corrected chi connectivity index (χ2v) is 8.51. The first kappa shape index (κ1) is 16.3. The molecule has 2 aliphatic heterocycles. The number of amides is 1. The second-order valence-electron chi connectivity index (χ2n) is 5.85. The summed E-state index contributed by atoms with van der Waals surface area (Å²) in [6.07, 6.45) is -0.208. The van der Waals surface area contributed by atoms with Crippen molar-refractivity contribution in [1.82, 2.24) is 0 Å². The molecule has 2 fully saturated rings. The molecule has 1 amide bonds. The van der Waals surface area contributed by atoms with Crippen molar-refractivity contribution in [2.75, 3.05) is 23.0 Å². The molecule has 23 heavy (non-hydrogen) atoms. The molecule has 0 radical (unpaired) electrons. The Kier molecular flexibility index (Phi) is 4.33. The molecular formula is C15H16ClNO5S. The van der Waals surface area contributed by atoms with E-state index in [1.165, 1.54) is 4.90 Å². The third kappa shape index (κ3) is 3.67. The Balaban J connectivity index is 1.64. The van der Waals surface area contributed by atoms with Gasteiger partial charge in [0.25, 0.3) is 0 Å². The molecule has 0 aliphatic carbocycles. The van der Waals surface area contributed by atoms with E-state index in [9.17, 15) is 18.0 Å². The van der Waals surface area contributed by atoms with Gasteiger partial charge in [0.15, 0.2) is 9.84 Å². The van der Waals surface area contributed by atoms with Gasteiger partial charge in [-0.25, -0.2) is 8.42 Å². The van der Waals surface area contributed by atoms with Crippen molar-refractivity contribution in [3.05, 3.63) is 29.3 Å². The van der Waals surface area contributed by atoms with Gasteiger partial charge in [-0.05, 0) is 24.6 Å². The van der Waals surface area contributed by atoms with E-state index in [4.69, 9.17) is 16.3 Å². The van der Waals surface area contributed by atoms with Crippen LogP contribution in [0.5, 0.6) is 0 Å². The fourth-order valence-electron chi connectivity index (χ4n) is 2.87. The van der Waals surface area contributed by atoms with Gasteiger partial charge in [0.2, 0.25) is 5.91 Å². The van der Waals surface area contributed by atoms with Crippen LogP contribution >= 0.6 is 11.6 Å². The topological polar surface area (TPSA) is 80.8 Å². The highest BCUT2D eigenvalue weighted by Crippen LogP contribution is 2.28. The monoisotopic (exact) mass is 357 g/mol. The molecule has 3 rings (SSSR count). The normalized spacial score (nSPS) is 26.5. The maximum Gasteiger partial charge on any atom is 0.311 e. The van der Waals surface area contributed by atoms with Crippen molar-refractivity contribution < 1.29 is 22.7 Å². The summed E-state index contributed by atoms with van der Waals surface area (Å²) in [5.74, 6) is -1.34. The van der Waals surface area contributed by atoms with Crippen LogP contribution in [-0.4, -0.2) is 44.4 Å².